The van der Waals surface area contributed by atoms with Gasteiger partial charge in [-0.2, -0.15) is 0 Å². The summed E-state index contributed by atoms with van der Waals surface area (Å²) in [7, 11) is 0. The van der Waals surface area contributed by atoms with E-state index in [1.807, 2.05) is 29.6 Å². The maximum atomic E-state index is 12.4. The van der Waals surface area contributed by atoms with Crippen molar-refractivity contribution in [1.82, 2.24) is 20.2 Å². The minimum absolute atomic E-state index is 0.129. The van der Waals surface area contributed by atoms with Crippen molar-refractivity contribution in [3.63, 3.8) is 0 Å². The summed E-state index contributed by atoms with van der Waals surface area (Å²) in [6.45, 7) is 0. The molecular weight excluding hydrogens is 538 g/mol. The molecule has 1 N–H and O–H groups in total. The van der Waals surface area contributed by atoms with Crippen LogP contribution in [0.25, 0.3) is 34.2 Å². The molecule has 0 saturated heterocycles. The van der Waals surface area contributed by atoms with Gasteiger partial charge >= 0.3 is 0 Å². The van der Waals surface area contributed by atoms with Crippen molar-refractivity contribution in [3.8, 4) is 34.2 Å². The van der Waals surface area contributed by atoms with Gasteiger partial charge in [-0.3, -0.25) is 4.79 Å². The van der Waals surface area contributed by atoms with Crippen LogP contribution in [0.2, 0.25) is 0 Å². The van der Waals surface area contributed by atoms with Gasteiger partial charge in [0.15, 0.2) is 22.3 Å². The molecule has 0 fully saturated rings. The lowest BCUT2D eigenvalue weighted by atomic mass is 10.2. The number of thioether (sulfide) groups is 1. The van der Waals surface area contributed by atoms with Crippen LogP contribution in [0, 0.1) is 0 Å². The molecule has 34 heavy (non-hydrogen) atoms. The fourth-order valence-corrected chi connectivity index (χ4v) is 4.76. The molecule has 5 rings (SSSR count). The molecule has 0 spiro atoms. The standard InChI is InChI=1S/C23H16BrN5O3S2/c24-15-7-5-14(6-8-15)16-13-34-22(25-16)26-19(30)9-12-33-23-27-20(17-3-1-10-31-17)21(28-29-23)18-4-2-11-32-18/h1-8,10-11,13H,9,12H2,(H,25,26,30). The van der Waals surface area contributed by atoms with Crippen LogP contribution in [0.3, 0.4) is 0 Å². The molecule has 0 aliphatic heterocycles. The highest BCUT2D eigenvalue weighted by atomic mass is 79.9. The Kier molecular flexibility index (Phi) is 6.84. The third-order valence-electron chi connectivity index (χ3n) is 4.63. The molecule has 0 unspecified atom stereocenters. The highest BCUT2D eigenvalue weighted by Crippen LogP contribution is 2.31. The molecule has 5 aromatic rings. The number of nitrogens with one attached hydrogen (secondary N) is 1. The number of hydrogen-bond donors (Lipinski definition) is 1. The maximum absolute atomic E-state index is 12.4. The molecule has 0 saturated carbocycles. The largest absolute Gasteiger partial charge is 0.463 e. The van der Waals surface area contributed by atoms with Crippen molar-refractivity contribution in [2.75, 3.05) is 11.1 Å². The Morgan fingerprint density at radius 2 is 1.71 bits per heavy atom. The van der Waals surface area contributed by atoms with E-state index in [0.717, 1.165) is 15.7 Å². The molecule has 11 heteroatoms. The van der Waals surface area contributed by atoms with Crippen molar-refractivity contribution >= 4 is 50.1 Å². The minimum Gasteiger partial charge on any atom is -0.463 e. The Hall–Kier alpha value is -3.28. The zero-order valence-electron chi connectivity index (χ0n) is 17.5. The molecule has 1 aromatic carbocycles. The summed E-state index contributed by atoms with van der Waals surface area (Å²) in [5.41, 5.74) is 2.84. The van der Waals surface area contributed by atoms with E-state index in [0.29, 0.717) is 38.9 Å². The lowest BCUT2D eigenvalue weighted by molar-refractivity contribution is -0.115. The summed E-state index contributed by atoms with van der Waals surface area (Å²) >= 11 is 6.16. The first-order chi connectivity index (χ1) is 16.7. The molecule has 4 aromatic heterocycles. The van der Waals surface area contributed by atoms with Crippen LogP contribution in [0.4, 0.5) is 5.13 Å². The number of hydrogen-bond acceptors (Lipinski definition) is 9. The van der Waals surface area contributed by atoms with Crippen molar-refractivity contribution in [2.45, 2.75) is 11.6 Å². The van der Waals surface area contributed by atoms with E-state index in [1.54, 1.807) is 36.8 Å². The molecule has 0 atom stereocenters. The molecule has 0 aliphatic carbocycles. The van der Waals surface area contributed by atoms with Crippen LogP contribution in [-0.4, -0.2) is 31.8 Å². The van der Waals surface area contributed by atoms with Gasteiger partial charge in [0.05, 0.1) is 18.2 Å². The number of halogens is 1. The lowest BCUT2D eigenvalue weighted by Gasteiger charge is -2.05. The second kappa shape index (κ2) is 10.3. The maximum Gasteiger partial charge on any atom is 0.226 e. The first-order valence-electron chi connectivity index (χ1n) is 10.1. The van der Waals surface area contributed by atoms with Gasteiger partial charge in [-0.25, -0.2) is 9.97 Å². The topological polar surface area (TPSA) is 107 Å². The number of carbonyl (C=O) groups excluding carboxylic acids is 1. The zero-order valence-corrected chi connectivity index (χ0v) is 20.7. The van der Waals surface area contributed by atoms with E-state index in [4.69, 9.17) is 8.83 Å². The Morgan fingerprint density at radius 1 is 0.971 bits per heavy atom. The van der Waals surface area contributed by atoms with Crippen LogP contribution < -0.4 is 5.32 Å². The Bertz CT molecular complexity index is 1390. The summed E-state index contributed by atoms with van der Waals surface area (Å²) in [5, 5.41) is 14.2. The number of nitrogens with zero attached hydrogens (tertiary/aromatic N) is 4. The number of anilines is 1. The predicted octanol–water partition coefficient (Wildman–Crippen LogP) is 6.40. The van der Waals surface area contributed by atoms with E-state index in [2.05, 4.69) is 41.4 Å². The summed E-state index contributed by atoms with van der Waals surface area (Å²) in [6.07, 6.45) is 3.41. The van der Waals surface area contributed by atoms with E-state index < -0.39 is 0 Å². The summed E-state index contributed by atoms with van der Waals surface area (Å²) in [5.74, 6) is 1.46. The molecular formula is C23H16BrN5O3S2. The first kappa shape index (κ1) is 22.5. The van der Waals surface area contributed by atoms with E-state index >= 15 is 0 Å². The van der Waals surface area contributed by atoms with Crippen LogP contribution >= 0.6 is 39.0 Å². The first-order valence-corrected chi connectivity index (χ1v) is 12.8. The number of furan rings is 2. The third kappa shape index (κ3) is 5.27. The van der Waals surface area contributed by atoms with E-state index in [9.17, 15) is 4.79 Å². The summed E-state index contributed by atoms with van der Waals surface area (Å²) < 4.78 is 12.0. The Balaban J connectivity index is 1.20. The highest BCUT2D eigenvalue weighted by Gasteiger charge is 2.18. The van der Waals surface area contributed by atoms with Crippen molar-refractivity contribution in [2.24, 2.45) is 0 Å². The molecule has 0 aliphatic rings. The van der Waals surface area contributed by atoms with Gasteiger partial charge in [-0.05, 0) is 36.4 Å². The fraction of sp³-hybridized carbons (Fsp3) is 0.0870. The quantitative estimate of drug-likeness (QED) is 0.220. The molecule has 8 nitrogen and oxygen atoms in total. The van der Waals surface area contributed by atoms with Gasteiger partial charge < -0.3 is 14.2 Å². The smallest absolute Gasteiger partial charge is 0.226 e. The van der Waals surface area contributed by atoms with Crippen molar-refractivity contribution in [3.05, 3.63) is 70.9 Å². The summed E-state index contributed by atoms with van der Waals surface area (Å²) in [6, 6.07) is 15.0. The molecule has 0 bridgehead atoms. The average Bonchev–Trinajstić information content (AvgIpc) is 3.62. The molecule has 170 valence electrons. The van der Waals surface area contributed by atoms with Gasteiger partial charge in [-0.1, -0.05) is 39.8 Å². The Labute approximate surface area is 211 Å². The lowest BCUT2D eigenvalue weighted by Crippen LogP contribution is -2.12. The predicted molar refractivity (Wildman–Crippen MR) is 134 cm³/mol. The average molecular weight is 554 g/mol. The van der Waals surface area contributed by atoms with Gasteiger partial charge in [-0.15, -0.1) is 21.5 Å². The van der Waals surface area contributed by atoms with Crippen LogP contribution in [-0.2, 0) is 4.79 Å². The zero-order chi connectivity index (χ0) is 23.3. The monoisotopic (exact) mass is 553 g/mol. The number of benzene rings is 1. The SMILES string of the molecule is O=C(CCSc1nnc(-c2ccco2)c(-c2ccco2)n1)Nc1nc(-c2ccc(Br)cc2)cs1. The van der Waals surface area contributed by atoms with Gasteiger partial charge in [0.1, 0.15) is 5.69 Å². The number of amides is 1. The fourth-order valence-electron chi connectivity index (χ4n) is 3.04. The second-order valence-corrected chi connectivity index (χ2v) is 9.77. The Morgan fingerprint density at radius 3 is 2.41 bits per heavy atom. The molecule has 0 radical (unpaired) electrons. The van der Waals surface area contributed by atoms with Crippen LogP contribution in [0.5, 0.6) is 0 Å². The number of thiazole rings is 1. The molecule has 4 heterocycles. The normalized spacial score (nSPS) is 11.0. The third-order valence-corrected chi connectivity index (χ3v) is 6.75. The van der Waals surface area contributed by atoms with Crippen molar-refractivity contribution < 1.29 is 13.6 Å². The van der Waals surface area contributed by atoms with Gasteiger partial charge in [0.25, 0.3) is 0 Å². The van der Waals surface area contributed by atoms with E-state index in [-0.39, 0.29) is 12.3 Å². The van der Waals surface area contributed by atoms with E-state index in [1.165, 1.54) is 23.1 Å². The number of rotatable bonds is 8. The number of aromatic nitrogens is 4. The van der Waals surface area contributed by atoms with Crippen molar-refractivity contribution in [1.29, 1.82) is 0 Å². The molecule has 1 amide bonds. The van der Waals surface area contributed by atoms with Gasteiger partial charge in [0.2, 0.25) is 11.1 Å². The van der Waals surface area contributed by atoms with Crippen LogP contribution in [0.15, 0.2) is 84.9 Å². The summed E-state index contributed by atoms with van der Waals surface area (Å²) in [4.78, 5) is 21.5. The van der Waals surface area contributed by atoms with Gasteiger partial charge in [0, 0.05) is 27.6 Å². The number of carbonyl (C=O) groups is 1. The second-order valence-electron chi connectivity index (χ2n) is 6.94. The minimum atomic E-state index is -0.129. The highest BCUT2D eigenvalue weighted by molar-refractivity contribution is 9.10. The van der Waals surface area contributed by atoms with Crippen LogP contribution in [0.1, 0.15) is 6.42 Å².